The molecule has 1 saturated heterocycles. The smallest absolute Gasteiger partial charge is 0.227 e. The van der Waals surface area contributed by atoms with E-state index in [0.29, 0.717) is 19.5 Å². The highest BCUT2D eigenvalue weighted by molar-refractivity contribution is 9.10. The number of halogens is 1. The fraction of sp³-hybridized carbons (Fsp3) is 0.500. The minimum Gasteiger partial charge on any atom is -0.343 e. The molecule has 2 rings (SSSR count). The van der Waals surface area contributed by atoms with Crippen molar-refractivity contribution >= 4 is 33.4 Å². The van der Waals surface area contributed by atoms with E-state index in [4.69, 9.17) is 0 Å². The Morgan fingerprint density at radius 3 is 2.57 bits per heavy atom. The summed E-state index contributed by atoms with van der Waals surface area (Å²) in [4.78, 5) is 25.8. The first kappa shape index (κ1) is 16.0. The molecule has 1 fully saturated rings. The highest BCUT2D eigenvalue weighted by Crippen LogP contribution is 2.23. The van der Waals surface area contributed by atoms with Gasteiger partial charge in [0.15, 0.2) is 0 Å². The molecule has 0 saturated carbocycles. The van der Waals surface area contributed by atoms with E-state index in [1.54, 1.807) is 0 Å². The summed E-state index contributed by atoms with van der Waals surface area (Å²) in [5.74, 6) is 0.232. The Kier molecular flexibility index (Phi) is 5.39. The fourth-order valence-electron chi connectivity index (χ4n) is 2.62. The van der Waals surface area contributed by atoms with Crippen molar-refractivity contribution in [3.8, 4) is 0 Å². The van der Waals surface area contributed by atoms with E-state index in [1.165, 1.54) is 0 Å². The van der Waals surface area contributed by atoms with Crippen LogP contribution in [0.5, 0.6) is 0 Å². The van der Waals surface area contributed by atoms with Crippen LogP contribution in [-0.4, -0.2) is 29.8 Å². The molecule has 1 aliphatic rings. The van der Waals surface area contributed by atoms with Crippen LogP contribution in [0.4, 0.5) is 5.69 Å². The van der Waals surface area contributed by atoms with Gasteiger partial charge in [-0.25, -0.2) is 0 Å². The maximum Gasteiger partial charge on any atom is 0.227 e. The molecule has 0 aromatic heterocycles. The number of piperidine rings is 1. The lowest BCUT2D eigenvalue weighted by Crippen LogP contribution is -2.41. The summed E-state index contributed by atoms with van der Waals surface area (Å²) in [6.07, 6.45) is 2.02. The first-order valence-electron chi connectivity index (χ1n) is 7.36. The number of hydrogen-bond donors (Lipinski definition) is 1. The summed E-state index contributed by atoms with van der Waals surface area (Å²) in [6, 6.07) is 5.82. The van der Waals surface area contributed by atoms with Crippen LogP contribution >= 0.6 is 15.9 Å². The van der Waals surface area contributed by atoms with Crippen molar-refractivity contribution in [2.75, 3.05) is 18.4 Å². The molecule has 21 heavy (non-hydrogen) atoms. The van der Waals surface area contributed by atoms with Gasteiger partial charge in [0.05, 0.1) is 0 Å². The molecule has 1 heterocycles. The average molecular weight is 353 g/mol. The van der Waals surface area contributed by atoms with Gasteiger partial charge in [0, 0.05) is 35.6 Å². The molecule has 0 bridgehead atoms. The van der Waals surface area contributed by atoms with E-state index in [9.17, 15) is 9.59 Å². The number of amides is 2. The highest BCUT2D eigenvalue weighted by atomic mass is 79.9. The summed E-state index contributed by atoms with van der Waals surface area (Å²) in [5, 5.41) is 3.00. The van der Waals surface area contributed by atoms with Crippen molar-refractivity contribution in [3.63, 3.8) is 0 Å². The Bertz CT molecular complexity index is 537. The van der Waals surface area contributed by atoms with Crippen LogP contribution in [0.2, 0.25) is 0 Å². The SMILES string of the molecule is CCC(=O)N1CCC(C(=O)Nc2ccc(Br)cc2C)CC1. The summed E-state index contributed by atoms with van der Waals surface area (Å²) in [6.45, 7) is 5.22. The van der Waals surface area contributed by atoms with Crippen molar-refractivity contribution in [2.24, 2.45) is 5.92 Å². The minimum absolute atomic E-state index is 0.00560. The summed E-state index contributed by atoms with van der Waals surface area (Å²) >= 11 is 3.42. The molecular formula is C16H21BrN2O2. The van der Waals surface area contributed by atoms with Crippen molar-refractivity contribution in [1.29, 1.82) is 0 Å². The maximum atomic E-state index is 12.3. The second-order valence-corrected chi connectivity index (χ2v) is 6.37. The molecule has 4 nitrogen and oxygen atoms in total. The van der Waals surface area contributed by atoms with Gasteiger partial charge in [-0.05, 0) is 43.5 Å². The lowest BCUT2D eigenvalue weighted by molar-refractivity contribution is -0.134. The Labute approximate surface area is 134 Å². The number of likely N-dealkylation sites (tertiary alicyclic amines) is 1. The van der Waals surface area contributed by atoms with Gasteiger partial charge < -0.3 is 10.2 Å². The molecule has 114 valence electrons. The Hall–Kier alpha value is -1.36. The van der Waals surface area contributed by atoms with Crippen LogP contribution in [0.15, 0.2) is 22.7 Å². The van der Waals surface area contributed by atoms with E-state index < -0.39 is 0 Å². The van der Waals surface area contributed by atoms with Crippen LogP contribution in [0, 0.1) is 12.8 Å². The summed E-state index contributed by atoms with van der Waals surface area (Å²) in [7, 11) is 0. The van der Waals surface area contributed by atoms with Crippen molar-refractivity contribution in [2.45, 2.75) is 33.1 Å². The average Bonchev–Trinajstić information content (AvgIpc) is 2.49. The number of benzene rings is 1. The first-order valence-corrected chi connectivity index (χ1v) is 8.15. The van der Waals surface area contributed by atoms with Gasteiger partial charge in [-0.3, -0.25) is 9.59 Å². The van der Waals surface area contributed by atoms with Crippen molar-refractivity contribution < 1.29 is 9.59 Å². The number of rotatable bonds is 3. The van der Waals surface area contributed by atoms with E-state index >= 15 is 0 Å². The van der Waals surface area contributed by atoms with Gasteiger partial charge in [-0.15, -0.1) is 0 Å². The quantitative estimate of drug-likeness (QED) is 0.906. The van der Waals surface area contributed by atoms with Crippen LogP contribution in [0.1, 0.15) is 31.7 Å². The summed E-state index contributed by atoms with van der Waals surface area (Å²) in [5.41, 5.74) is 1.89. The molecule has 1 aromatic rings. The fourth-order valence-corrected chi connectivity index (χ4v) is 3.09. The number of nitrogens with one attached hydrogen (secondary N) is 1. The molecule has 0 radical (unpaired) electrons. The lowest BCUT2D eigenvalue weighted by atomic mass is 9.95. The van der Waals surface area contributed by atoms with Crippen molar-refractivity contribution in [3.05, 3.63) is 28.2 Å². The van der Waals surface area contributed by atoms with Gasteiger partial charge >= 0.3 is 0 Å². The van der Waals surface area contributed by atoms with Gasteiger partial charge in [-0.2, -0.15) is 0 Å². The number of nitrogens with zero attached hydrogens (tertiary/aromatic N) is 1. The predicted molar refractivity (Wildman–Crippen MR) is 87.1 cm³/mol. The van der Waals surface area contributed by atoms with Gasteiger partial charge in [0.25, 0.3) is 0 Å². The molecule has 1 aliphatic heterocycles. The van der Waals surface area contributed by atoms with E-state index in [-0.39, 0.29) is 17.7 Å². The van der Waals surface area contributed by atoms with Gasteiger partial charge in [0.2, 0.25) is 11.8 Å². The molecule has 0 unspecified atom stereocenters. The third-order valence-electron chi connectivity index (χ3n) is 3.97. The Balaban J connectivity index is 1.92. The van der Waals surface area contributed by atoms with Crippen LogP contribution in [-0.2, 0) is 9.59 Å². The molecule has 0 atom stereocenters. The minimum atomic E-state index is -0.00560. The number of carbonyl (C=O) groups excluding carboxylic acids is 2. The molecule has 5 heteroatoms. The first-order chi connectivity index (χ1) is 10.0. The molecule has 0 spiro atoms. The standard InChI is InChI=1S/C16H21BrN2O2/c1-3-15(20)19-8-6-12(7-9-19)16(21)18-14-5-4-13(17)10-11(14)2/h4-5,10,12H,3,6-9H2,1-2H3,(H,18,21). The van der Waals surface area contributed by atoms with Crippen LogP contribution in [0.3, 0.4) is 0 Å². The Morgan fingerprint density at radius 2 is 2.00 bits per heavy atom. The Morgan fingerprint density at radius 1 is 1.33 bits per heavy atom. The number of aryl methyl sites for hydroxylation is 1. The second kappa shape index (κ2) is 7.07. The number of hydrogen-bond acceptors (Lipinski definition) is 2. The van der Waals surface area contributed by atoms with E-state index in [2.05, 4.69) is 21.2 Å². The van der Waals surface area contributed by atoms with E-state index in [1.807, 2.05) is 36.9 Å². The monoisotopic (exact) mass is 352 g/mol. The lowest BCUT2D eigenvalue weighted by Gasteiger charge is -2.31. The molecule has 1 N–H and O–H groups in total. The zero-order valence-corrected chi connectivity index (χ0v) is 14.1. The van der Waals surface area contributed by atoms with Gasteiger partial charge in [-0.1, -0.05) is 22.9 Å². The molecule has 0 aliphatic carbocycles. The van der Waals surface area contributed by atoms with Crippen molar-refractivity contribution in [1.82, 2.24) is 4.90 Å². The number of carbonyl (C=O) groups is 2. The zero-order valence-electron chi connectivity index (χ0n) is 12.5. The van der Waals surface area contributed by atoms with Crippen LogP contribution in [0.25, 0.3) is 0 Å². The third kappa shape index (κ3) is 4.06. The number of anilines is 1. The maximum absolute atomic E-state index is 12.3. The van der Waals surface area contributed by atoms with Gasteiger partial charge in [0.1, 0.15) is 0 Å². The highest BCUT2D eigenvalue weighted by Gasteiger charge is 2.26. The molecule has 2 amide bonds. The zero-order chi connectivity index (χ0) is 15.4. The molecule has 1 aromatic carbocycles. The molecular weight excluding hydrogens is 332 g/mol. The van der Waals surface area contributed by atoms with E-state index in [0.717, 1.165) is 28.6 Å². The van der Waals surface area contributed by atoms with Crippen LogP contribution < -0.4 is 5.32 Å². The summed E-state index contributed by atoms with van der Waals surface area (Å²) < 4.78 is 1.00. The topological polar surface area (TPSA) is 49.4 Å². The third-order valence-corrected chi connectivity index (χ3v) is 4.46. The largest absolute Gasteiger partial charge is 0.343 e. The second-order valence-electron chi connectivity index (χ2n) is 5.46. The normalized spacial score (nSPS) is 15.9. The predicted octanol–water partition coefficient (Wildman–Crippen LogP) is 3.34.